The Kier molecular flexibility index (Phi) is 7.68. The summed E-state index contributed by atoms with van der Waals surface area (Å²) in [7, 11) is -3.51. The summed E-state index contributed by atoms with van der Waals surface area (Å²) in [6.45, 7) is 5.11. The third-order valence-electron chi connectivity index (χ3n) is 5.56. The summed E-state index contributed by atoms with van der Waals surface area (Å²) < 4.78 is 29.4. The normalized spacial score (nSPS) is 12.4. The summed E-state index contributed by atoms with van der Waals surface area (Å²) in [5, 5.41) is 2.74. The molecule has 0 bridgehead atoms. The molecule has 0 aliphatic heterocycles. The number of aromatic nitrogens is 1. The van der Waals surface area contributed by atoms with Crippen LogP contribution in [0.3, 0.4) is 0 Å². The number of thiazole rings is 1. The number of hydrogen-bond acceptors (Lipinski definition) is 4. The molecule has 1 aromatic heterocycles. The molecule has 0 atom stereocenters. The minimum absolute atomic E-state index is 0.294. The summed E-state index contributed by atoms with van der Waals surface area (Å²) in [6.07, 6.45) is 0. The number of benzene rings is 3. The van der Waals surface area contributed by atoms with E-state index in [1.54, 1.807) is 12.1 Å². The molecule has 176 valence electrons. The lowest BCUT2D eigenvalue weighted by Gasteiger charge is -2.18. The van der Waals surface area contributed by atoms with Gasteiger partial charge in [-0.05, 0) is 41.5 Å². The SMILES string of the molecule is CCN(CC)S(=O)(=O)c1ccc(-c2csc(=Nc3ccccc3)n2Cc2ccccc2Cl)cc1. The van der Waals surface area contributed by atoms with Gasteiger partial charge in [-0.25, -0.2) is 13.4 Å². The quantitative estimate of drug-likeness (QED) is 0.283. The van der Waals surface area contributed by atoms with Crippen molar-refractivity contribution in [2.45, 2.75) is 25.3 Å². The molecule has 8 heteroatoms. The Balaban J connectivity index is 1.79. The number of hydrogen-bond donors (Lipinski definition) is 0. The fourth-order valence-electron chi connectivity index (χ4n) is 3.72. The van der Waals surface area contributed by atoms with Gasteiger partial charge in [0.15, 0.2) is 4.80 Å². The Morgan fingerprint density at radius 2 is 1.56 bits per heavy atom. The highest BCUT2D eigenvalue weighted by molar-refractivity contribution is 7.89. The van der Waals surface area contributed by atoms with Crippen molar-refractivity contribution in [3.8, 4) is 11.3 Å². The Bertz CT molecular complexity index is 1420. The molecule has 0 aliphatic rings. The van der Waals surface area contributed by atoms with Crippen molar-refractivity contribution in [3.05, 3.63) is 99.6 Å². The smallest absolute Gasteiger partial charge is 0.243 e. The van der Waals surface area contributed by atoms with E-state index in [4.69, 9.17) is 16.6 Å². The van der Waals surface area contributed by atoms with Gasteiger partial charge in [-0.3, -0.25) is 0 Å². The number of para-hydroxylation sites is 1. The minimum Gasteiger partial charge on any atom is -0.312 e. The van der Waals surface area contributed by atoms with Crippen molar-refractivity contribution in [3.63, 3.8) is 0 Å². The van der Waals surface area contributed by atoms with Gasteiger partial charge >= 0.3 is 0 Å². The fraction of sp³-hybridized carbons (Fsp3) is 0.192. The van der Waals surface area contributed by atoms with Crippen LogP contribution < -0.4 is 4.80 Å². The number of sulfonamides is 1. The Morgan fingerprint density at radius 1 is 0.912 bits per heavy atom. The molecule has 0 N–H and O–H groups in total. The fourth-order valence-corrected chi connectivity index (χ4v) is 6.30. The second kappa shape index (κ2) is 10.7. The van der Waals surface area contributed by atoms with Gasteiger partial charge in [-0.1, -0.05) is 74.0 Å². The van der Waals surface area contributed by atoms with Crippen LogP contribution in [0.4, 0.5) is 5.69 Å². The van der Waals surface area contributed by atoms with Crippen molar-refractivity contribution in [2.24, 2.45) is 4.99 Å². The topological polar surface area (TPSA) is 54.7 Å². The van der Waals surface area contributed by atoms with E-state index in [1.807, 2.05) is 86.0 Å². The van der Waals surface area contributed by atoms with Gasteiger partial charge in [0.2, 0.25) is 10.0 Å². The third kappa shape index (κ3) is 5.18. The first-order valence-electron chi connectivity index (χ1n) is 11.1. The van der Waals surface area contributed by atoms with E-state index < -0.39 is 10.0 Å². The van der Waals surface area contributed by atoms with Crippen LogP contribution in [0.1, 0.15) is 19.4 Å². The van der Waals surface area contributed by atoms with E-state index in [0.29, 0.717) is 29.6 Å². The summed E-state index contributed by atoms with van der Waals surface area (Å²) in [5.74, 6) is 0. The molecule has 34 heavy (non-hydrogen) atoms. The van der Waals surface area contributed by atoms with Crippen molar-refractivity contribution < 1.29 is 8.42 Å². The maximum absolute atomic E-state index is 12.9. The summed E-state index contributed by atoms with van der Waals surface area (Å²) in [6, 6.07) is 24.6. The van der Waals surface area contributed by atoms with Gasteiger partial charge in [0.05, 0.1) is 22.8 Å². The summed E-state index contributed by atoms with van der Waals surface area (Å²) in [5.41, 5.74) is 3.71. The Morgan fingerprint density at radius 3 is 2.21 bits per heavy atom. The van der Waals surface area contributed by atoms with Crippen molar-refractivity contribution in [2.75, 3.05) is 13.1 Å². The number of rotatable bonds is 8. The standard InChI is InChI=1S/C26H26ClN3O2S2/c1-3-29(4-2)34(31,32)23-16-14-20(15-17-23)25-19-33-26(28-22-11-6-5-7-12-22)30(25)18-21-10-8-9-13-24(21)27/h5-17,19H,3-4,18H2,1-2H3. The van der Waals surface area contributed by atoms with Crippen LogP contribution in [-0.4, -0.2) is 30.4 Å². The zero-order valence-electron chi connectivity index (χ0n) is 19.1. The molecular formula is C26H26ClN3O2S2. The van der Waals surface area contributed by atoms with E-state index in [-0.39, 0.29) is 0 Å². The van der Waals surface area contributed by atoms with Crippen LogP contribution in [0.25, 0.3) is 11.3 Å². The van der Waals surface area contributed by atoms with Gasteiger partial charge in [0.25, 0.3) is 0 Å². The van der Waals surface area contributed by atoms with E-state index in [1.165, 1.54) is 15.6 Å². The number of halogens is 1. The van der Waals surface area contributed by atoms with Crippen LogP contribution in [-0.2, 0) is 16.6 Å². The molecule has 4 rings (SSSR count). The highest BCUT2D eigenvalue weighted by Gasteiger charge is 2.21. The predicted octanol–water partition coefficient (Wildman–Crippen LogP) is 6.18. The molecule has 0 radical (unpaired) electrons. The molecule has 0 aliphatic carbocycles. The summed E-state index contributed by atoms with van der Waals surface area (Å²) in [4.78, 5) is 5.98. The van der Waals surface area contributed by atoms with E-state index in [2.05, 4.69) is 4.57 Å². The van der Waals surface area contributed by atoms with Crippen LogP contribution in [0.5, 0.6) is 0 Å². The first-order chi connectivity index (χ1) is 16.4. The van der Waals surface area contributed by atoms with Gasteiger partial charge in [-0.2, -0.15) is 4.31 Å². The molecule has 0 saturated carbocycles. The maximum atomic E-state index is 12.9. The number of nitrogens with zero attached hydrogens (tertiary/aromatic N) is 3. The van der Waals surface area contributed by atoms with Crippen LogP contribution >= 0.6 is 22.9 Å². The zero-order chi connectivity index (χ0) is 24.1. The maximum Gasteiger partial charge on any atom is 0.243 e. The van der Waals surface area contributed by atoms with Crippen LogP contribution in [0.2, 0.25) is 5.02 Å². The molecule has 0 saturated heterocycles. The molecule has 0 amide bonds. The van der Waals surface area contributed by atoms with Crippen LogP contribution in [0.15, 0.2) is 94.1 Å². The molecule has 0 fully saturated rings. The lowest BCUT2D eigenvalue weighted by Crippen LogP contribution is -2.30. The van der Waals surface area contributed by atoms with Crippen LogP contribution in [0, 0.1) is 0 Å². The van der Waals surface area contributed by atoms with E-state index in [0.717, 1.165) is 27.3 Å². The van der Waals surface area contributed by atoms with Crippen molar-refractivity contribution >= 4 is 38.6 Å². The molecule has 3 aromatic carbocycles. The average molecular weight is 512 g/mol. The third-order valence-corrected chi connectivity index (χ3v) is 8.85. The predicted molar refractivity (Wildman–Crippen MR) is 140 cm³/mol. The highest BCUT2D eigenvalue weighted by atomic mass is 35.5. The van der Waals surface area contributed by atoms with Gasteiger partial charge in [0, 0.05) is 23.5 Å². The first-order valence-corrected chi connectivity index (χ1v) is 13.8. The average Bonchev–Trinajstić information content (AvgIpc) is 3.24. The monoisotopic (exact) mass is 511 g/mol. The second-order valence-corrected chi connectivity index (χ2v) is 10.8. The molecule has 1 heterocycles. The Hall–Kier alpha value is -2.71. The summed E-state index contributed by atoms with van der Waals surface area (Å²) >= 11 is 8.01. The zero-order valence-corrected chi connectivity index (χ0v) is 21.4. The molecular weight excluding hydrogens is 486 g/mol. The van der Waals surface area contributed by atoms with Gasteiger partial charge in [0.1, 0.15) is 0 Å². The van der Waals surface area contributed by atoms with Crippen molar-refractivity contribution in [1.29, 1.82) is 0 Å². The van der Waals surface area contributed by atoms with Crippen molar-refractivity contribution in [1.82, 2.24) is 8.87 Å². The molecule has 5 nitrogen and oxygen atoms in total. The van der Waals surface area contributed by atoms with E-state index in [9.17, 15) is 8.42 Å². The lowest BCUT2D eigenvalue weighted by molar-refractivity contribution is 0.445. The molecule has 0 spiro atoms. The lowest BCUT2D eigenvalue weighted by atomic mass is 10.1. The largest absolute Gasteiger partial charge is 0.312 e. The second-order valence-electron chi connectivity index (χ2n) is 7.64. The molecule has 0 unspecified atom stereocenters. The van der Waals surface area contributed by atoms with E-state index >= 15 is 0 Å². The Labute approximate surface area is 209 Å². The van der Waals surface area contributed by atoms with Gasteiger partial charge < -0.3 is 4.57 Å². The highest BCUT2D eigenvalue weighted by Crippen LogP contribution is 2.26. The molecule has 4 aromatic rings. The first kappa shape index (κ1) is 24.4. The van der Waals surface area contributed by atoms with Gasteiger partial charge in [-0.15, -0.1) is 11.3 Å². The minimum atomic E-state index is -3.51.